The molecule has 0 radical (unpaired) electrons. The van der Waals surface area contributed by atoms with Crippen LogP contribution >= 0.6 is 0 Å². The van der Waals surface area contributed by atoms with Crippen molar-refractivity contribution in [2.24, 2.45) is 0 Å². The normalized spacial score (nSPS) is 18.7. The lowest BCUT2D eigenvalue weighted by molar-refractivity contribution is -0.122. The number of aryl methyl sites for hydroxylation is 1. The number of nitrogens with zero attached hydrogens (tertiary/aromatic N) is 4. The smallest absolute Gasteiger partial charge is 0.220 e. The third-order valence-corrected chi connectivity index (χ3v) is 6.98. The summed E-state index contributed by atoms with van der Waals surface area (Å²) in [5.41, 5.74) is 4.37. The SMILES string of the molecule is COc1ccc(C2Cn3nnc(CN4CCC(NC(=O)CCc5ccccc5)CC4)c3CO2)cc1. The lowest BCUT2D eigenvalue weighted by Crippen LogP contribution is -2.44. The molecular formula is C27H33N5O3. The minimum atomic E-state index is -0.0378. The standard InChI is InChI=1S/C27H33N5O3/c1-34-23-10-8-21(9-11-23)26-18-32-25(19-35-26)24(29-30-32)17-31-15-13-22(14-16-31)28-27(33)12-7-20-5-3-2-4-6-20/h2-6,8-11,22,26H,7,12-19H2,1H3,(H,28,33). The van der Waals surface area contributed by atoms with E-state index < -0.39 is 0 Å². The number of methoxy groups -OCH3 is 1. The maximum Gasteiger partial charge on any atom is 0.220 e. The highest BCUT2D eigenvalue weighted by molar-refractivity contribution is 5.76. The summed E-state index contributed by atoms with van der Waals surface area (Å²) in [6.07, 6.45) is 3.19. The zero-order valence-electron chi connectivity index (χ0n) is 20.2. The van der Waals surface area contributed by atoms with Gasteiger partial charge in [0.25, 0.3) is 0 Å². The first-order valence-electron chi connectivity index (χ1n) is 12.4. The third-order valence-electron chi connectivity index (χ3n) is 6.98. The number of ether oxygens (including phenoxy) is 2. The van der Waals surface area contributed by atoms with Gasteiger partial charge < -0.3 is 14.8 Å². The van der Waals surface area contributed by atoms with Crippen molar-refractivity contribution in [2.75, 3.05) is 20.2 Å². The zero-order chi connectivity index (χ0) is 24.0. The first-order valence-corrected chi connectivity index (χ1v) is 12.4. The summed E-state index contributed by atoms with van der Waals surface area (Å²) in [6.45, 7) is 3.80. The van der Waals surface area contributed by atoms with E-state index in [1.807, 2.05) is 47.1 Å². The average molecular weight is 476 g/mol. The Kier molecular flexibility index (Phi) is 7.39. The van der Waals surface area contributed by atoms with E-state index >= 15 is 0 Å². The summed E-state index contributed by atoms with van der Waals surface area (Å²) in [6, 6.07) is 18.4. The van der Waals surface area contributed by atoms with Crippen LogP contribution in [-0.2, 0) is 35.6 Å². The molecule has 2 aromatic carbocycles. The van der Waals surface area contributed by atoms with Crippen molar-refractivity contribution < 1.29 is 14.3 Å². The predicted molar refractivity (Wildman–Crippen MR) is 132 cm³/mol. The third kappa shape index (κ3) is 5.89. The fourth-order valence-corrected chi connectivity index (χ4v) is 4.86. The summed E-state index contributed by atoms with van der Waals surface area (Å²) in [7, 11) is 1.67. The number of nitrogens with one attached hydrogen (secondary N) is 1. The molecule has 3 heterocycles. The molecule has 35 heavy (non-hydrogen) atoms. The zero-order valence-corrected chi connectivity index (χ0v) is 20.2. The number of amides is 1. The van der Waals surface area contributed by atoms with Crippen molar-refractivity contribution in [3.05, 3.63) is 77.1 Å². The highest BCUT2D eigenvalue weighted by Gasteiger charge is 2.27. The molecule has 8 nitrogen and oxygen atoms in total. The molecule has 2 aliphatic rings. The molecule has 0 aliphatic carbocycles. The molecule has 184 valence electrons. The van der Waals surface area contributed by atoms with E-state index in [-0.39, 0.29) is 18.1 Å². The number of carbonyl (C=O) groups excluding carboxylic acids is 1. The summed E-state index contributed by atoms with van der Waals surface area (Å²) < 4.78 is 13.4. The summed E-state index contributed by atoms with van der Waals surface area (Å²) >= 11 is 0. The largest absolute Gasteiger partial charge is 0.497 e. The fourth-order valence-electron chi connectivity index (χ4n) is 4.86. The van der Waals surface area contributed by atoms with Crippen molar-refractivity contribution in [1.82, 2.24) is 25.2 Å². The molecule has 1 fully saturated rings. The molecular weight excluding hydrogens is 442 g/mol. The summed E-state index contributed by atoms with van der Waals surface area (Å²) in [5.74, 6) is 0.979. The van der Waals surface area contributed by atoms with E-state index in [1.54, 1.807) is 7.11 Å². The molecule has 0 saturated carbocycles. The van der Waals surface area contributed by atoms with Gasteiger partial charge in [0, 0.05) is 32.1 Å². The summed E-state index contributed by atoms with van der Waals surface area (Å²) in [4.78, 5) is 14.8. The fraction of sp³-hybridized carbons (Fsp3) is 0.444. The molecule has 1 aromatic heterocycles. The number of benzene rings is 2. The Balaban J connectivity index is 1.08. The van der Waals surface area contributed by atoms with Crippen molar-refractivity contribution in [3.63, 3.8) is 0 Å². The van der Waals surface area contributed by atoms with Gasteiger partial charge in [-0.3, -0.25) is 9.69 Å². The molecule has 5 rings (SSSR count). The summed E-state index contributed by atoms with van der Waals surface area (Å²) in [5, 5.41) is 12.1. The van der Waals surface area contributed by atoms with Crippen molar-refractivity contribution in [3.8, 4) is 5.75 Å². The molecule has 1 amide bonds. The number of rotatable bonds is 8. The van der Waals surface area contributed by atoms with E-state index in [4.69, 9.17) is 9.47 Å². The van der Waals surface area contributed by atoms with Crippen LogP contribution in [0, 0.1) is 0 Å². The highest BCUT2D eigenvalue weighted by Crippen LogP contribution is 2.28. The number of piperidine rings is 1. The molecule has 0 spiro atoms. The second-order valence-electron chi connectivity index (χ2n) is 9.34. The van der Waals surface area contributed by atoms with E-state index in [9.17, 15) is 4.79 Å². The van der Waals surface area contributed by atoms with Gasteiger partial charge in [-0.2, -0.15) is 0 Å². The Morgan fingerprint density at radius 1 is 1.11 bits per heavy atom. The minimum absolute atomic E-state index is 0.0378. The maximum atomic E-state index is 12.4. The van der Waals surface area contributed by atoms with Crippen molar-refractivity contribution >= 4 is 5.91 Å². The molecule has 8 heteroatoms. The van der Waals surface area contributed by atoms with Gasteiger partial charge in [0.1, 0.15) is 17.5 Å². The van der Waals surface area contributed by atoms with Crippen LogP contribution in [0.2, 0.25) is 0 Å². The van der Waals surface area contributed by atoms with Gasteiger partial charge in [-0.05, 0) is 42.5 Å². The van der Waals surface area contributed by atoms with Crippen LogP contribution in [0.15, 0.2) is 54.6 Å². The maximum absolute atomic E-state index is 12.4. The first kappa shape index (κ1) is 23.5. The second-order valence-corrected chi connectivity index (χ2v) is 9.34. The van der Waals surface area contributed by atoms with Gasteiger partial charge >= 0.3 is 0 Å². The van der Waals surface area contributed by atoms with E-state index in [1.165, 1.54) is 5.56 Å². The van der Waals surface area contributed by atoms with E-state index in [0.717, 1.165) is 61.6 Å². The molecule has 0 bridgehead atoms. The Hall–Kier alpha value is -3.23. The predicted octanol–water partition coefficient (Wildman–Crippen LogP) is 3.27. The Morgan fingerprint density at radius 3 is 2.63 bits per heavy atom. The monoisotopic (exact) mass is 475 g/mol. The lowest BCUT2D eigenvalue weighted by Gasteiger charge is -2.32. The first-order chi connectivity index (χ1) is 17.2. The number of fused-ring (bicyclic) bond motifs is 1. The molecule has 1 unspecified atom stereocenters. The van der Waals surface area contributed by atoms with Gasteiger partial charge in [0.15, 0.2) is 0 Å². The number of carbonyl (C=O) groups is 1. The van der Waals surface area contributed by atoms with Gasteiger partial charge in [0.2, 0.25) is 5.91 Å². The van der Waals surface area contributed by atoms with Gasteiger partial charge in [-0.15, -0.1) is 5.10 Å². The highest BCUT2D eigenvalue weighted by atomic mass is 16.5. The van der Waals surface area contributed by atoms with Crippen LogP contribution in [0.4, 0.5) is 0 Å². The number of hydrogen-bond acceptors (Lipinski definition) is 6. The second kappa shape index (κ2) is 11.0. The molecule has 2 aliphatic heterocycles. The lowest BCUT2D eigenvalue weighted by atomic mass is 10.0. The Morgan fingerprint density at radius 2 is 1.89 bits per heavy atom. The van der Waals surface area contributed by atoms with Crippen LogP contribution in [0.3, 0.4) is 0 Å². The molecule has 1 N–H and O–H groups in total. The number of aromatic nitrogens is 3. The number of likely N-dealkylation sites (tertiary alicyclic amines) is 1. The van der Waals surface area contributed by atoms with E-state index in [0.29, 0.717) is 19.6 Å². The van der Waals surface area contributed by atoms with Crippen LogP contribution in [0.5, 0.6) is 5.75 Å². The number of hydrogen-bond donors (Lipinski definition) is 1. The van der Waals surface area contributed by atoms with Gasteiger partial charge in [-0.25, -0.2) is 4.68 Å². The average Bonchev–Trinajstić information content (AvgIpc) is 3.31. The molecule has 1 saturated heterocycles. The van der Waals surface area contributed by atoms with Crippen LogP contribution in [0.25, 0.3) is 0 Å². The van der Waals surface area contributed by atoms with Crippen molar-refractivity contribution in [1.29, 1.82) is 0 Å². The van der Waals surface area contributed by atoms with Gasteiger partial charge in [0.05, 0.1) is 26.0 Å². The van der Waals surface area contributed by atoms with E-state index in [2.05, 4.69) is 32.7 Å². The topological polar surface area (TPSA) is 81.5 Å². The molecule has 3 aromatic rings. The van der Waals surface area contributed by atoms with Gasteiger partial charge in [-0.1, -0.05) is 47.7 Å². The molecule has 1 atom stereocenters. The van der Waals surface area contributed by atoms with Crippen LogP contribution in [-0.4, -0.2) is 52.0 Å². The van der Waals surface area contributed by atoms with Crippen LogP contribution < -0.4 is 10.1 Å². The van der Waals surface area contributed by atoms with Crippen molar-refractivity contribution in [2.45, 2.75) is 57.5 Å². The quantitative estimate of drug-likeness (QED) is 0.539. The Bertz CT molecular complexity index is 1110. The Labute approximate surface area is 206 Å². The van der Waals surface area contributed by atoms with Crippen LogP contribution in [0.1, 0.15) is 47.9 Å². The minimum Gasteiger partial charge on any atom is -0.497 e.